The van der Waals surface area contributed by atoms with E-state index in [1.54, 1.807) is 25.1 Å². The van der Waals surface area contributed by atoms with Crippen molar-refractivity contribution in [2.75, 3.05) is 13.2 Å². The molecule has 0 N–H and O–H groups in total. The van der Waals surface area contributed by atoms with Crippen LogP contribution in [0.3, 0.4) is 0 Å². The number of carbonyl (C=O) groups excluding carboxylic acids is 2. The molecular formula is C24H28FNO4. The zero-order valence-corrected chi connectivity index (χ0v) is 17.7. The van der Waals surface area contributed by atoms with E-state index in [4.69, 9.17) is 9.47 Å². The number of hydrogen-bond acceptors (Lipinski definition) is 5. The normalized spacial score (nSPS) is 28.2. The summed E-state index contributed by atoms with van der Waals surface area (Å²) in [5, 5.41) is 0. The van der Waals surface area contributed by atoms with Crippen LogP contribution in [-0.4, -0.2) is 36.8 Å². The topological polar surface area (TPSA) is 65.0 Å². The highest BCUT2D eigenvalue weighted by Crippen LogP contribution is 2.47. The van der Waals surface area contributed by atoms with E-state index in [9.17, 15) is 14.0 Å². The number of halogens is 1. The van der Waals surface area contributed by atoms with E-state index in [1.807, 2.05) is 13.8 Å². The average molecular weight is 413 g/mol. The molecule has 1 aromatic carbocycles. The number of ether oxygens (including phenoxy) is 2. The number of aliphatic imine (C=N–C) groups is 1. The molecule has 0 spiro atoms. The van der Waals surface area contributed by atoms with Crippen molar-refractivity contribution in [2.24, 2.45) is 16.3 Å². The van der Waals surface area contributed by atoms with E-state index in [2.05, 4.69) is 4.99 Å². The fraction of sp³-hybridized carbons (Fsp3) is 0.542. The first-order chi connectivity index (χ1) is 14.3. The number of ketones is 1. The molecule has 1 saturated carbocycles. The maximum atomic E-state index is 14.9. The van der Waals surface area contributed by atoms with Gasteiger partial charge in [-0.1, -0.05) is 32.0 Å². The van der Waals surface area contributed by atoms with E-state index < -0.39 is 23.6 Å². The summed E-state index contributed by atoms with van der Waals surface area (Å²) in [6, 6.07) is 6.35. The number of Topliss-reactive ketones (excluding diaryl/α,β-unsaturated/α-hetero) is 1. The van der Waals surface area contributed by atoms with E-state index >= 15 is 0 Å². The van der Waals surface area contributed by atoms with Crippen molar-refractivity contribution >= 4 is 17.5 Å². The van der Waals surface area contributed by atoms with Gasteiger partial charge < -0.3 is 9.47 Å². The summed E-state index contributed by atoms with van der Waals surface area (Å²) in [5.41, 5.74) is 1.64. The second kappa shape index (κ2) is 8.06. The Morgan fingerprint density at radius 3 is 2.73 bits per heavy atom. The lowest BCUT2D eigenvalue weighted by molar-refractivity contribution is -0.142. The second-order valence-electron chi connectivity index (χ2n) is 9.30. The monoisotopic (exact) mass is 413 g/mol. The number of fused-ring (bicyclic) bond motifs is 1. The van der Waals surface area contributed by atoms with Crippen molar-refractivity contribution < 1.29 is 23.5 Å². The van der Waals surface area contributed by atoms with Crippen molar-refractivity contribution in [3.05, 3.63) is 46.9 Å². The molecule has 0 aromatic heterocycles. The summed E-state index contributed by atoms with van der Waals surface area (Å²) < 4.78 is 26.0. The fourth-order valence-electron chi connectivity index (χ4n) is 4.94. The Morgan fingerprint density at radius 2 is 2.03 bits per heavy atom. The van der Waals surface area contributed by atoms with Gasteiger partial charge in [0.2, 0.25) is 0 Å². The second-order valence-corrected chi connectivity index (χ2v) is 9.30. The molecule has 0 unspecified atom stereocenters. The molecule has 5 nitrogen and oxygen atoms in total. The minimum absolute atomic E-state index is 0.00446. The number of allylic oxidation sites excluding steroid dienone is 1. The summed E-state index contributed by atoms with van der Waals surface area (Å²) in [6.45, 7) is 6.63. The zero-order valence-electron chi connectivity index (χ0n) is 17.7. The summed E-state index contributed by atoms with van der Waals surface area (Å²) in [5.74, 6) is -2.34. The SMILES string of the molecule is CC1=C(C(=O)OC[C@H]2CCCO2)[C@H](c2ccccc2F)[C@H]2C(=O)CC(C)(C)CC2=N1. The molecule has 1 aromatic rings. The lowest BCUT2D eigenvalue weighted by Gasteiger charge is -2.41. The molecule has 4 rings (SSSR count). The van der Waals surface area contributed by atoms with Crippen LogP contribution in [0.1, 0.15) is 57.9 Å². The smallest absolute Gasteiger partial charge is 0.336 e. The largest absolute Gasteiger partial charge is 0.460 e. The Bertz CT molecular complexity index is 927. The molecule has 0 bridgehead atoms. The van der Waals surface area contributed by atoms with Gasteiger partial charge in [0.25, 0.3) is 0 Å². The number of hydrogen-bond donors (Lipinski definition) is 0. The van der Waals surface area contributed by atoms with Crippen LogP contribution in [0.25, 0.3) is 0 Å². The molecule has 3 aliphatic rings. The van der Waals surface area contributed by atoms with Crippen molar-refractivity contribution in [1.29, 1.82) is 0 Å². The van der Waals surface area contributed by atoms with Crippen LogP contribution in [0.4, 0.5) is 4.39 Å². The number of carbonyl (C=O) groups is 2. The van der Waals surface area contributed by atoms with E-state index in [1.165, 1.54) is 6.07 Å². The minimum atomic E-state index is -0.723. The highest BCUT2D eigenvalue weighted by atomic mass is 19.1. The number of esters is 1. The number of benzene rings is 1. The molecule has 1 aliphatic carbocycles. The fourth-order valence-corrected chi connectivity index (χ4v) is 4.94. The molecule has 0 radical (unpaired) electrons. The number of nitrogens with zero attached hydrogens (tertiary/aromatic N) is 1. The molecule has 2 fully saturated rings. The van der Waals surface area contributed by atoms with Gasteiger partial charge in [-0.2, -0.15) is 0 Å². The molecule has 2 heterocycles. The third-order valence-electron chi connectivity index (χ3n) is 6.25. The van der Waals surface area contributed by atoms with E-state index in [0.29, 0.717) is 30.7 Å². The quantitative estimate of drug-likeness (QED) is 0.688. The first-order valence-corrected chi connectivity index (χ1v) is 10.6. The molecule has 30 heavy (non-hydrogen) atoms. The van der Waals surface area contributed by atoms with Gasteiger partial charge in [0, 0.05) is 30.4 Å². The maximum absolute atomic E-state index is 14.9. The third kappa shape index (κ3) is 3.97. The van der Waals surface area contributed by atoms with Crippen molar-refractivity contribution in [3.8, 4) is 0 Å². The van der Waals surface area contributed by atoms with Gasteiger partial charge in [0.05, 0.1) is 17.6 Å². The van der Waals surface area contributed by atoms with Gasteiger partial charge in [-0.05, 0) is 43.2 Å². The lowest BCUT2D eigenvalue weighted by atomic mass is 9.63. The Kier molecular flexibility index (Phi) is 5.62. The van der Waals surface area contributed by atoms with Crippen molar-refractivity contribution in [2.45, 2.75) is 58.5 Å². The average Bonchev–Trinajstić information content (AvgIpc) is 3.18. The van der Waals surface area contributed by atoms with Crippen LogP contribution < -0.4 is 0 Å². The predicted octanol–water partition coefficient (Wildman–Crippen LogP) is 4.37. The van der Waals surface area contributed by atoms with E-state index in [0.717, 1.165) is 18.6 Å². The van der Waals surface area contributed by atoms with Gasteiger partial charge >= 0.3 is 5.97 Å². The van der Waals surface area contributed by atoms with Gasteiger partial charge in [-0.25, -0.2) is 9.18 Å². The van der Waals surface area contributed by atoms with Crippen LogP contribution in [-0.2, 0) is 19.1 Å². The van der Waals surface area contributed by atoms with Crippen LogP contribution in [0.15, 0.2) is 40.5 Å². The van der Waals surface area contributed by atoms with Crippen LogP contribution >= 0.6 is 0 Å². The molecule has 3 atom stereocenters. The van der Waals surface area contributed by atoms with Crippen LogP contribution in [0.5, 0.6) is 0 Å². The molecule has 2 aliphatic heterocycles. The summed E-state index contributed by atoms with van der Waals surface area (Å²) in [7, 11) is 0. The first-order valence-electron chi connectivity index (χ1n) is 10.6. The first kappa shape index (κ1) is 20.9. The molecule has 160 valence electrons. The Labute approximate surface area is 176 Å². The summed E-state index contributed by atoms with van der Waals surface area (Å²) in [4.78, 5) is 31.0. The molecular weight excluding hydrogens is 385 g/mol. The Balaban J connectivity index is 1.74. The van der Waals surface area contributed by atoms with Gasteiger partial charge in [-0.3, -0.25) is 9.79 Å². The molecule has 6 heteroatoms. The standard InChI is InChI=1S/C24H28FNO4/c1-14-20(23(28)30-13-15-7-6-10-29-15)21(16-8-4-5-9-17(16)25)22-18(26-14)11-24(2,3)12-19(22)27/h4-5,8-9,15,21-22H,6-7,10-13H2,1-3H3/t15-,21+,22-/m1/s1. The summed E-state index contributed by atoms with van der Waals surface area (Å²) in [6.07, 6.45) is 2.70. The molecule has 0 amide bonds. The van der Waals surface area contributed by atoms with Gasteiger partial charge in [0.1, 0.15) is 18.2 Å². The Hall–Kier alpha value is -2.34. The van der Waals surface area contributed by atoms with Crippen molar-refractivity contribution in [1.82, 2.24) is 0 Å². The highest BCUT2D eigenvalue weighted by molar-refractivity contribution is 6.12. The van der Waals surface area contributed by atoms with Gasteiger partial charge in [0.15, 0.2) is 0 Å². The lowest BCUT2D eigenvalue weighted by Crippen LogP contribution is -2.44. The van der Waals surface area contributed by atoms with Gasteiger partial charge in [-0.15, -0.1) is 0 Å². The van der Waals surface area contributed by atoms with E-state index in [-0.39, 0.29) is 29.5 Å². The van der Waals surface area contributed by atoms with Crippen molar-refractivity contribution in [3.63, 3.8) is 0 Å². The zero-order chi connectivity index (χ0) is 21.5. The third-order valence-corrected chi connectivity index (χ3v) is 6.25. The minimum Gasteiger partial charge on any atom is -0.460 e. The van der Waals surface area contributed by atoms with Crippen LogP contribution in [0, 0.1) is 17.2 Å². The maximum Gasteiger partial charge on any atom is 0.336 e. The summed E-state index contributed by atoms with van der Waals surface area (Å²) >= 11 is 0. The van der Waals surface area contributed by atoms with Crippen LogP contribution in [0.2, 0.25) is 0 Å². The molecule has 1 saturated heterocycles. The predicted molar refractivity (Wildman–Crippen MR) is 111 cm³/mol. The Morgan fingerprint density at radius 1 is 1.27 bits per heavy atom. The highest BCUT2D eigenvalue weighted by Gasteiger charge is 2.48. The number of rotatable bonds is 4.